The van der Waals surface area contributed by atoms with Gasteiger partial charge in [-0.15, -0.1) is 0 Å². The van der Waals surface area contributed by atoms with Crippen LogP contribution >= 0.6 is 0 Å². The van der Waals surface area contributed by atoms with Crippen molar-refractivity contribution in [3.8, 4) is 22.5 Å². The van der Waals surface area contributed by atoms with Crippen LogP contribution < -0.4 is 5.19 Å². The molecule has 0 amide bonds. The van der Waals surface area contributed by atoms with Crippen molar-refractivity contribution in [1.82, 2.24) is 4.98 Å². The van der Waals surface area contributed by atoms with Gasteiger partial charge < -0.3 is 4.98 Å². The van der Waals surface area contributed by atoms with Gasteiger partial charge in [0.05, 0.1) is 8.07 Å². The number of hydrogen-bond donors (Lipinski definition) is 1. The number of aromatic nitrogens is 1. The number of nitrogens with one attached hydrogen (secondary N) is 1. The number of benzene rings is 2. The molecule has 0 aliphatic carbocycles. The molecule has 1 aromatic heterocycles. The highest BCUT2D eigenvalue weighted by molar-refractivity contribution is 6.89. The summed E-state index contributed by atoms with van der Waals surface area (Å²) in [5, 5.41) is 1.40. The van der Waals surface area contributed by atoms with Crippen molar-refractivity contribution < 1.29 is 4.79 Å². The number of hydrogen-bond acceptors (Lipinski definition) is 1. The standard InChI is InChI=1S/C24H29NOSi/c1-5-6-16-22(26)20-15-11-10-14-19(20)21-17-23(27(2,3)4)24(25-21)18-12-8-7-9-13-18/h7-15,17,25H,5-6,16H2,1-4H3. The third kappa shape index (κ3) is 4.30. The van der Waals surface area contributed by atoms with Crippen LogP contribution in [0.15, 0.2) is 60.7 Å². The maximum absolute atomic E-state index is 12.8. The van der Waals surface area contributed by atoms with Crippen LogP contribution in [0.5, 0.6) is 0 Å². The third-order valence-corrected chi connectivity index (χ3v) is 6.97. The third-order valence-electron chi connectivity index (χ3n) is 4.96. The summed E-state index contributed by atoms with van der Waals surface area (Å²) in [7, 11) is -1.55. The molecular formula is C24H29NOSi. The summed E-state index contributed by atoms with van der Waals surface area (Å²) in [5.41, 5.74) is 5.29. The minimum Gasteiger partial charge on any atom is -0.355 e. The van der Waals surface area contributed by atoms with Gasteiger partial charge in [0.2, 0.25) is 0 Å². The number of carbonyl (C=O) groups is 1. The molecule has 0 saturated heterocycles. The summed E-state index contributed by atoms with van der Waals surface area (Å²) in [6.07, 6.45) is 2.59. The van der Waals surface area contributed by atoms with E-state index in [9.17, 15) is 4.79 Å². The van der Waals surface area contributed by atoms with Crippen molar-refractivity contribution in [1.29, 1.82) is 0 Å². The van der Waals surface area contributed by atoms with Crippen LogP contribution in [0, 0.1) is 0 Å². The highest BCUT2D eigenvalue weighted by Gasteiger charge is 2.25. The molecule has 3 rings (SSSR count). The second-order valence-corrected chi connectivity index (χ2v) is 13.2. The minimum absolute atomic E-state index is 0.234. The number of carbonyl (C=O) groups excluding carboxylic acids is 1. The van der Waals surface area contributed by atoms with Gasteiger partial charge in [0.25, 0.3) is 0 Å². The van der Waals surface area contributed by atoms with Crippen LogP contribution in [-0.4, -0.2) is 18.8 Å². The molecule has 0 radical (unpaired) electrons. The molecule has 140 valence electrons. The van der Waals surface area contributed by atoms with Crippen molar-refractivity contribution in [2.45, 2.75) is 45.8 Å². The van der Waals surface area contributed by atoms with E-state index in [1.807, 2.05) is 24.3 Å². The Morgan fingerprint density at radius 1 is 0.963 bits per heavy atom. The lowest BCUT2D eigenvalue weighted by molar-refractivity contribution is 0.0980. The first kappa shape index (κ1) is 19.4. The lowest BCUT2D eigenvalue weighted by Crippen LogP contribution is -2.37. The number of unbranched alkanes of at least 4 members (excludes halogenated alkanes) is 1. The van der Waals surface area contributed by atoms with E-state index in [0.29, 0.717) is 6.42 Å². The highest BCUT2D eigenvalue weighted by Crippen LogP contribution is 2.29. The van der Waals surface area contributed by atoms with E-state index in [1.165, 1.54) is 16.4 Å². The molecule has 1 N–H and O–H groups in total. The predicted octanol–water partition coefficient (Wildman–Crippen LogP) is 6.27. The normalized spacial score (nSPS) is 11.6. The molecule has 0 aliphatic rings. The smallest absolute Gasteiger partial charge is 0.163 e. The number of ketones is 1. The molecular weight excluding hydrogens is 346 g/mol. The Bertz CT molecular complexity index is 919. The van der Waals surface area contributed by atoms with E-state index in [4.69, 9.17) is 0 Å². The fourth-order valence-electron chi connectivity index (χ4n) is 3.46. The molecule has 0 fully saturated rings. The second kappa shape index (κ2) is 8.09. The van der Waals surface area contributed by atoms with Gasteiger partial charge in [-0.2, -0.15) is 0 Å². The Hall–Kier alpha value is -2.39. The topological polar surface area (TPSA) is 32.9 Å². The quantitative estimate of drug-likeness (QED) is 0.383. The first-order chi connectivity index (χ1) is 12.9. The van der Waals surface area contributed by atoms with Crippen LogP contribution in [0.3, 0.4) is 0 Å². The summed E-state index contributed by atoms with van der Waals surface area (Å²) in [6.45, 7) is 9.22. The first-order valence-corrected chi connectivity index (χ1v) is 13.3. The Balaban J connectivity index is 2.12. The molecule has 0 unspecified atom stereocenters. The lowest BCUT2D eigenvalue weighted by Gasteiger charge is -2.17. The largest absolute Gasteiger partial charge is 0.355 e. The summed E-state index contributed by atoms with van der Waals surface area (Å²) in [6, 6.07) is 20.8. The average Bonchev–Trinajstić information content (AvgIpc) is 3.12. The van der Waals surface area contributed by atoms with Crippen LogP contribution in [0.4, 0.5) is 0 Å². The van der Waals surface area contributed by atoms with E-state index < -0.39 is 8.07 Å². The van der Waals surface area contributed by atoms with E-state index in [1.54, 1.807) is 0 Å². The minimum atomic E-state index is -1.55. The molecule has 2 aromatic carbocycles. The average molecular weight is 376 g/mol. The molecule has 2 nitrogen and oxygen atoms in total. The van der Waals surface area contributed by atoms with E-state index in [0.717, 1.165) is 29.7 Å². The SMILES string of the molecule is CCCCC(=O)c1ccccc1-c1cc([Si](C)(C)C)c(-c2ccccc2)[nH]1. The summed E-state index contributed by atoms with van der Waals surface area (Å²) >= 11 is 0. The number of H-pyrrole nitrogens is 1. The van der Waals surface area contributed by atoms with Crippen molar-refractivity contribution in [2.75, 3.05) is 0 Å². The highest BCUT2D eigenvalue weighted by atomic mass is 28.3. The van der Waals surface area contributed by atoms with Crippen LogP contribution in [0.2, 0.25) is 19.6 Å². The monoisotopic (exact) mass is 375 g/mol. The maximum atomic E-state index is 12.8. The zero-order chi connectivity index (χ0) is 19.4. The molecule has 0 aliphatic heterocycles. The zero-order valence-corrected chi connectivity index (χ0v) is 17.8. The van der Waals surface area contributed by atoms with Gasteiger partial charge in [0.1, 0.15) is 0 Å². The number of aromatic amines is 1. The van der Waals surface area contributed by atoms with Crippen molar-refractivity contribution in [3.05, 3.63) is 66.2 Å². The van der Waals surface area contributed by atoms with Gasteiger partial charge in [-0.25, -0.2) is 0 Å². The van der Waals surface area contributed by atoms with Gasteiger partial charge in [-0.05, 0) is 23.2 Å². The molecule has 0 saturated carbocycles. The van der Waals surface area contributed by atoms with Crippen LogP contribution in [-0.2, 0) is 0 Å². The molecule has 0 atom stereocenters. The fraction of sp³-hybridized carbons (Fsp3) is 0.292. The summed E-state index contributed by atoms with van der Waals surface area (Å²) in [4.78, 5) is 16.4. The van der Waals surface area contributed by atoms with Gasteiger partial charge >= 0.3 is 0 Å². The van der Waals surface area contributed by atoms with E-state index in [2.05, 4.69) is 67.9 Å². The van der Waals surface area contributed by atoms with Gasteiger partial charge in [-0.3, -0.25) is 4.79 Å². The molecule has 1 heterocycles. The summed E-state index contributed by atoms with van der Waals surface area (Å²) < 4.78 is 0. The Morgan fingerprint density at radius 2 is 1.63 bits per heavy atom. The molecule has 27 heavy (non-hydrogen) atoms. The van der Waals surface area contributed by atoms with Crippen molar-refractivity contribution in [2.24, 2.45) is 0 Å². The summed E-state index contributed by atoms with van der Waals surface area (Å²) in [5.74, 6) is 0.234. The predicted molar refractivity (Wildman–Crippen MR) is 119 cm³/mol. The zero-order valence-electron chi connectivity index (χ0n) is 16.8. The fourth-order valence-corrected chi connectivity index (χ4v) is 4.99. The number of rotatable bonds is 7. The lowest BCUT2D eigenvalue weighted by atomic mass is 9.98. The second-order valence-electron chi connectivity index (χ2n) is 8.16. The Morgan fingerprint density at radius 3 is 2.30 bits per heavy atom. The number of Topliss-reactive ketones (excluding diaryl/α,β-unsaturated/α-hetero) is 1. The Kier molecular flexibility index (Phi) is 5.81. The van der Waals surface area contributed by atoms with Gasteiger partial charge in [-0.1, -0.05) is 87.6 Å². The van der Waals surface area contributed by atoms with Gasteiger partial charge in [0.15, 0.2) is 5.78 Å². The molecule has 3 aromatic rings. The molecule has 0 spiro atoms. The van der Waals surface area contributed by atoms with Crippen molar-refractivity contribution in [3.63, 3.8) is 0 Å². The van der Waals surface area contributed by atoms with Crippen LogP contribution in [0.25, 0.3) is 22.5 Å². The van der Waals surface area contributed by atoms with Crippen LogP contribution in [0.1, 0.15) is 36.5 Å². The van der Waals surface area contributed by atoms with E-state index >= 15 is 0 Å². The van der Waals surface area contributed by atoms with Gasteiger partial charge in [0, 0.05) is 28.9 Å². The maximum Gasteiger partial charge on any atom is 0.163 e. The Labute approximate surface area is 163 Å². The van der Waals surface area contributed by atoms with E-state index in [-0.39, 0.29) is 5.78 Å². The van der Waals surface area contributed by atoms with Crippen molar-refractivity contribution >= 4 is 19.0 Å². The molecule has 3 heteroatoms. The molecule has 0 bridgehead atoms. The first-order valence-electron chi connectivity index (χ1n) is 9.83.